The van der Waals surface area contributed by atoms with Crippen LogP contribution in [0.25, 0.3) is 11.0 Å². The molecule has 0 fully saturated rings. The van der Waals surface area contributed by atoms with Gasteiger partial charge in [0.25, 0.3) is 0 Å². The van der Waals surface area contributed by atoms with Gasteiger partial charge >= 0.3 is 5.97 Å². The second-order valence-corrected chi connectivity index (χ2v) is 11.0. The summed E-state index contributed by atoms with van der Waals surface area (Å²) in [7, 11) is 0. The van der Waals surface area contributed by atoms with E-state index in [1.54, 1.807) is 36.4 Å². The van der Waals surface area contributed by atoms with Gasteiger partial charge < -0.3 is 24.4 Å². The van der Waals surface area contributed by atoms with Crippen molar-refractivity contribution in [1.29, 1.82) is 5.26 Å². The van der Waals surface area contributed by atoms with E-state index in [9.17, 15) is 10.1 Å². The molecule has 1 aliphatic heterocycles. The Morgan fingerprint density at radius 1 is 1.00 bits per heavy atom. The molecule has 0 bridgehead atoms. The fraction of sp³-hybridized carbons (Fsp3) is 0.118. The number of hydrogen-bond donors (Lipinski definition) is 1. The van der Waals surface area contributed by atoms with Crippen LogP contribution in [0.15, 0.2) is 94.7 Å². The van der Waals surface area contributed by atoms with Gasteiger partial charge in [-0.15, -0.1) is 0 Å². The van der Waals surface area contributed by atoms with E-state index >= 15 is 0 Å². The Balaban J connectivity index is 1.27. The molecule has 1 aromatic heterocycles. The molecule has 6 rings (SSSR count). The summed E-state index contributed by atoms with van der Waals surface area (Å²) in [4.78, 5) is 13.1. The Bertz CT molecular complexity index is 1990. The zero-order valence-electron chi connectivity index (χ0n) is 23.1. The molecule has 7 nitrogen and oxygen atoms in total. The van der Waals surface area contributed by atoms with Crippen LogP contribution in [0.4, 0.5) is 0 Å². The smallest absolute Gasteiger partial charge is 0.379 e. The number of ether oxygens (including phenoxy) is 3. The van der Waals surface area contributed by atoms with Crippen molar-refractivity contribution < 1.29 is 23.4 Å². The summed E-state index contributed by atoms with van der Waals surface area (Å²) in [6.45, 7) is 4.00. The van der Waals surface area contributed by atoms with Crippen LogP contribution in [0.5, 0.6) is 17.2 Å². The fourth-order valence-corrected chi connectivity index (χ4v) is 5.57. The summed E-state index contributed by atoms with van der Waals surface area (Å²) in [6.07, 6.45) is 0. The number of nitrogens with two attached hydrogens (primary N) is 1. The zero-order valence-corrected chi connectivity index (χ0v) is 24.6. The quantitative estimate of drug-likeness (QED) is 0.152. The lowest BCUT2D eigenvalue weighted by Crippen LogP contribution is -2.21. The second kappa shape index (κ2) is 11.4. The molecule has 0 amide bonds. The maximum absolute atomic E-state index is 13.1. The normalized spacial score (nSPS) is 14.2. The highest BCUT2D eigenvalue weighted by Gasteiger charge is 2.31. The number of aryl methyl sites for hydroxylation is 2. The van der Waals surface area contributed by atoms with Gasteiger partial charge in [0, 0.05) is 38.2 Å². The SMILES string of the molecule is Cc1ccc2c(C)c(C(=O)Oc3ccc4c(c3)OC(N)=C(C#N)C4c3cccc(OCc4ccc(Cl)cc4Cl)c3)oc2c1. The highest BCUT2D eigenvalue weighted by molar-refractivity contribution is 6.35. The van der Waals surface area contributed by atoms with Crippen molar-refractivity contribution in [2.24, 2.45) is 5.73 Å². The van der Waals surface area contributed by atoms with E-state index < -0.39 is 11.9 Å². The number of fused-ring (bicyclic) bond motifs is 2. The molecule has 43 heavy (non-hydrogen) atoms. The molecule has 1 atom stereocenters. The van der Waals surface area contributed by atoms with Gasteiger partial charge in [0.1, 0.15) is 41.1 Å². The van der Waals surface area contributed by atoms with Gasteiger partial charge in [-0.25, -0.2) is 4.79 Å². The van der Waals surface area contributed by atoms with Gasteiger partial charge in [0.05, 0.1) is 5.92 Å². The number of halogens is 2. The number of carbonyl (C=O) groups is 1. The van der Waals surface area contributed by atoms with Crippen LogP contribution < -0.4 is 19.9 Å². The Morgan fingerprint density at radius 2 is 1.84 bits per heavy atom. The number of allylic oxidation sites excluding steroid dienone is 1. The topological polar surface area (TPSA) is 108 Å². The standard InChI is InChI=1S/C34H24Cl2N2O5/c1-18-6-10-25-19(2)32(42-29(25)12-18)34(39)41-24-9-11-26-30(15-24)43-33(38)27(16-37)31(26)20-4-3-5-23(13-20)40-17-21-7-8-22(35)14-28(21)36/h3-15,31H,17,38H2,1-2H3. The molecule has 1 unspecified atom stereocenters. The predicted octanol–water partition coefficient (Wildman–Crippen LogP) is 8.37. The van der Waals surface area contributed by atoms with Crippen LogP contribution in [0, 0.1) is 25.2 Å². The van der Waals surface area contributed by atoms with Gasteiger partial charge in [0.2, 0.25) is 11.6 Å². The summed E-state index contributed by atoms with van der Waals surface area (Å²) < 4.78 is 23.3. The molecule has 0 aliphatic carbocycles. The minimum absolute atomic E-state index is 0.0359. The van der Waals surface area contributed by atoms with Crippen molar-refractivity contribution in [3.05, 3.63) is 134 Å². The van der Waals surface area contributed by atoms with Gasteiger partial charge in [-0.05, 0) is 61.4 Å². The maximum Gasteiger partial charge on any atom is 0.379 e. The number of hydrogen-bond acceptors (Lipinski definition) is 7. The summed E-state index contributed by atoms with van der Waals surface area (Å²) in [5.41, 5.74) is 11.0. The van der Waals surface area contributed by atoms with E-state index in [2.05, 4.69) is 6.07 Å². The second-order valence-electron chi connectivity index (χ2n) is 10.2. The molecule has 0 spiro atoms. The number of benzene rings is 4. The van der Waals surface area contributed by atoms with Crippen molar-refractivity contribution in [3.8, 4) is 23.3 Å². The molecule has 5 aromatic rings. The average Bonchev–Trinajstić information content (AvgIpc) is 3.31. The first-order valence-electron chi connectivity index (χ1n) is 13.3. The molecule has 9 heteroatoms. The molecule has 2 N–H and O–H groups in total. The van der Waals surface area contributed by atoms with Gasteiger partial charge in [-0.3, -0.25) is 0 Å². The van der Waals surface area contributed by atoms with E-state index in [1.165, 1.54) is 0 Å². The van der Waals surface area contributed by atoms with Crippen molar-refractivity contribution in [2.45, 2.75) is 26.4 Å². The van der Waals surface area contributed by atoms with E-state index in [1.807, 2.05) is 56.3 Å². The third-order valence-electron chi connectivity index (χ3n) is 7.28. The van der Waals surface area contributed by atoms with E-state index in [4.69, 9.17) is 47.6 Å². The van der Waals surface area contributed by atoms with Crippen LogP contribution in [0.1, 0.15) is 44.3 Å². The molecule has 4 aromatic carbocycles. The summed E-state index contributed by atoms with van der Waals surface area (Å²) in [6, 6.07) is 25.5. The van der Waals surface area contributed by atoms with Gasteiger partial charge in [0.15, 0.2) is 0 Å². The zero-order chi connectivity index (χ0) is 30.2. The van der Waals surface area contributed by atoms with E-state index in [-0.39, 0.29) is 29.6 Å². The van der Waals surface area contributed by atoms with Crippen LogP contribution >= 0.6 is 23.2 Å². The molecule has 214 valence electrons. The van der Waals surface area contributed by atoms with Crippen molar-refractivity contribution >= 4 is 40.1 Å². The number of carbonyl (C=O) groups excluding carboxylic acids is 1. The Hall–Kier alpha value is -4.90. The summed E-state index contributed by atoms with van der Waals surface area (Å²) in [5.74, 6) is 0.0971. The van der Waals surface area contributed by atoms with Crippen LogP contribution in [-0.2, 0) is 6.61 Å². The lowest BCUT2D eigenvalue weighted by molar-refractivity contribution is 0.0702. The van der Waals surface area contributed by atoms with Gasteiger partial charge in [-0.2, -0.15) is 5.26 Å². The third kappa shape index (κ3) is 5.51. The van der Waals surface area contributed by atoms with E-state index in [0.29, 0.717) is 38.3 Å². The minimum Gasteiger partial charge on any atom is -0.489 e. The third-order valence-corrected chi connectivity index (χ3v) is 7.87. The number of nitriles is 1. The maximum atomic E-state index is 13.1. The molecule has 0 saturated heterocycles. The number of furan rings is 1. The highest BCUT2D eigenvalue weighted by Crippen LogP contribution is 2.44. The monoisotopic (exact) mass is 610 g/mol. The Kier molecular flexibility index (Phi) is 7.49. The van der Waals surface area contributed by atoms with Crippen LogP contribution in [0.3, 0.4) is 0 Å². The molecule has 1 aliphatic rings. The molecular formula is C34H24Cl2N2O5. The van der Waals surface area contributed by atoms with Crippen LogP contribution in [0.2, 0.25) is 10.0 Å². The molecular weight excluding hydrogens is 587 g/mol. The minimum atomic E-state index is -0.634. The van der Waals surface area contributed by atoms with E-state index in [0.717, 1.165) is 22.1 Å². The summed E-state index contributed by atoms with van der Waals surface area (Å²) >= 11 is 12.3. The predicted molar refractivity (Wildman–Crippen MR) is 164 cm³/mol. The largest absolute Gasteiger partial charge is 0.489 e. The fourth-order valence-electron chi connectivity index (χ4n) is 5.11. The Labute approximate surface area is 257 Å². The lowest BCUT2D eigenvalue weighted by Gasteiger charge is -2.27. The first kappa shape index (κ1) is 28.2. The molecule has 2 heterocycles. The molecule has 0 saturated carbocycles. The molecule has 0 radical (unpaired) electrons. The highest BCUT2D eigenvalue weighted by atomic mass is 35.5. The number of rotatable bonds is 6. The van der Waals surface area contributed by atoms with Crippen molar-refractivity contribution in [1.82, 2.24) is 0 Å². The first-order chi connectivity index (χ1) is 20.7. The first-order valence-corrected chi connectivity index (χ1v) is 14.1. The van der Waals surface area contributed by atoms with Gasteiger partial charge in [-0.1, -0.05) is 59.6 Å². The van der Waals surface area contributed by atoms with Crippen molar-refractivity contribution in [3.63, 3.8) is 0 Å². The summed E-state index contributed by atoms with van der Waals surface area (Å²) in [5, 5.41) is 11.9. The van der Waals surface area contributed by atoms with Crippen LogP contribution in [-0.4, -0.2) is 5.97 Å². The Morgan fingerprint density at radius 3 is 2.63 bits per heavy atom. The average molecular weight is 611 g/mol. The number of nitrogens with zero attached hydrogens (tertiary/aromatic N) is 1. The lowest BCUT2D eigenvalue weighted by atomic mass is 9.83. The van der Waals surface area contributed by atoms with Crippen molar-refractivity contribution in [2.75, 3.05) is 0 Å². The number of esters is 1.